The molecule has 1 aliphatic carbocycles. The number of benzene rings is 1. The van der Waals surface area contributed by atoms with Crippen LogP contribution in [-0.2, 0) is 6.42 Å². The lowest BCUT2D eigenvalue weighted by Crippen LogP contribution is -2.16. The van der Waals surface area contributed by atoms with Gasteiger partial charge in [0.15, 0.2) is 0 Å². The zero-order valence-corrected chi connectivity index (χ0v) is 10.1. The monoisotopic (exact) mass is 253 g/mol. The second-order valence-electron chi connectivity index (χ2n) is 3.93. The van der Waals surface area contributed by atoms with Crippen LogP contribution in [-0.4, -0.2) is 7.05 Å². The van der Waals surface area contributed by atoms with Crippen molar-refractivity contribution in [2.45, 2.75) is 31.7 Å². The first-order chi connectivity index (χ1) is 6.81. The Bertz CT molecular complexity index is 322. The predicted molar refractivity (Wildman–Crippen MR) is 63.5 cm³/mol. The molecule has 0 heterocycles. The van der Waals surface area contributed by atoms with Crippen LogP contribution >= 0.6 is 15.9 Å². The lowest BCUT2D eigenvalue weighted by Gasteiger charge is -2.16. The number of hydrogen-bond donors (Lipinski definition) is 1. The van der Waals surface area contributed by atoms with Gasteiger partial charge in [0.25, 0.3) is 0 Å². The summed E-state index contributed by atoms with van der Waals surface area (Å²) in [5.74, 6) is 0. The molecule has 1 aromatic rings. The summed E-state index contributed by atoms with van der Waals surface area (Å²) in [7, 11) is 2.06. The van der Waals surface area contributed by atoms with E-state index in [4.69, 9.17) is 0 Å². The molecule has 0 amide bonds. The maximum absolute atomic E-state index is 3.54. The Hall–Kier alpha value is -0.340. The van der Waals surface area contributed by atoms with E-state index in [1.165, 1.54) is 41.3 Å². The number of nitrogens with one attached hydrogen (secondary N) is 1. The molecule has 1 unspecified atom stereocenters. The van der Waals surface area contributed by atoms with Crippen LogP contribution in [0.4, 0.5) is 0 Å². The molecule has 0 aliphatic heterocycles. The molecule has 1 atom stereocenters. The van der Waals surface area contributed by atoms with Crippen LogP contribution in [0.1, 0.15) is 36.4 Å². The van der Waals surface area contributed by atoms with E-state index in [0.717, 1.165) is 0 Å². The molecule has 14 heavy (non-hydrogen) atoms. The van der Waals surface area contributed by atoms with E-state index >= 15 is 0 Å². The van der Waals surface area contributed by atoms with Crippen molar-refractivity contribution in [2.24, 2.45) is 0 Å². The first-order valence-electron chi connectivity index (χ1n) is 5.27. The molecule has 0 aromatic heterocycles. The Labute approximate surface area is 94.0 Å². The molecule has 76 valence electrons. The number of fused-ring (bicyclic) bond motifs is 1. The molecular weight excluding hydrogens is 238 g/mol. The number of rotatable bonds is 1. The van der Waals surface area contributed by atoms with Crippen molar-refractivity contribution >= 4 is 15.9 Å². The van der Waals surface area contributed by atoms with E-state index in [2.05, 4.69) is 46.5 Å². The number of aryl methyl sites for hydroxylation is 1. The Balaban J connectivity index is 2.39. The minimum absolute atomic E-state index is 0.556. The van der Waals surface area contributed by atoms with Crippen molar-refractivity contribution in [3.05, 3.63) is 33.8 Å². The third-order valence-electron chi connectivity index (χ3n) is 3.02. The van der Waals surface area contributed by atoms with Crippen molar-refractivity contribution in [1.29, 1.82) is 0 Å². The highest BCUT2D eigenvalue weighted by Crippen LogP contribution is 2.30. The lowest BCUT2D eigenvalue weighted by atomic mass is 9.99. The molecule has 0 bridgehead atoms. The molecule has 2 heteroatoms. The maximum atomic E-state index is 3.54. The van der Waals surface area contributed by atoms with Gasteiger partial charge in [0.2, 0.25) is 0 Å². The summed E-state index contributed by atoms with van der Waals surface area (Å²) in [6.45, 7) is 0. The lowest BCUT2D eigenvalue weighted by molar-refractivity contribution is 0.533. The van der Waals surface area contributed by atoms with Crippen molar-refractivity contribution in [1.82, 2.24) is 5.32 Å². The first-order valence-corrected chi connectivity index (χ1v) is 6.06. The molecule has 0 saturated carbocycles. The Kier molecular flexibility index (Phi) is 3.24. The van der Waals surface area contributed by atoms with Gasteiger partial charge in [-0.3, -0.25) is 0 Å². The summed E-state index contributed by atoms with van der Waals surface area (Å²) in [5, 5.41) is 3.40. The highest BCUT2D eigenvalue weighted by Gasteiger charge is 2.16. The average Bonchev–Trinajstić information content (AvgIpc) is 2.38. The number of halogens is 1. The van der Waals surface area contributed by atoms with Crippen LogP contribution in [0.25, 0.3) is 0 Å². The van der Waals surface area contributed by atoms with Gasteiger partial charge in [0.05, 0.1) is 0 Å². The van der Waals surface area contributed by atoms with E-state index in [-0.39, 0.29) is 0 Å². The zero-order chi connectivity index (χ0) is 9.97. The van der Waals surface area contributed by atoms with Gasteiger partial charge in [-0.25, -0.2) is 0 Å². The smallest absolute Gasteiger partial charge is 0.0320 e. The molecule has 1 N–H and O–H groups in total. The van der Waals surface area contributed by atoms with Crippen molar-refractivity contribution in [3.8, 4) is 0 Å². The highest BCUT2D eigenvalue weighted by molar-refractivity contribution is 9.10. The molecule has 1 nitrogen and oxygen atoms in total. The fourth-order valence-corrected chi connectivity index (χ4v) is 2.66. The van der Waals surface area contributed by atoms with Crippen LogP contribution in [0, 0.1) is 0 Å². The Morgan fingerprint density at radius 1 is 1.36 bits per heavy atom. The van der Waals surface area contributed by atoms with E-state index in [9.17, 15) is 0 Å². The molecule has 0 saturated heterocycles. The van der Waals surface area contributed by atoms with Crippen LogP contribution in [0.2, 0.25) is 0 Å². The third kappa shape index (κ3) is 2.01. The Morgan fingerprint density at radius 2 is 2.21 bits per heavy atom. The van der Waals surface area contributed by atoms with Gasteiger partial charge in [0.1, 0.15) is 0 Å². The normalized spacial score (nSPS) is 21.4. The van der Waals surface area contributed by atoms with Gasteiger partial charge in [-0.2, -0.15) is 0 Å². The summed E-state index contributed by atoms with van der Waals surface area (Å²) < 4.78 is 1.20. The SMILES string of the molecule is CNC1CCCCc2cc(Br)ccc21. The molecule has 1 aromatic carbocycles. The van der Waals surface area contributed by atoms with Gasteiger partial charge >= 0.3 is 0 Å². The molecule has 1 aliphatic rings. The fraction of sp³-hybridized carbons (Fsp3) is 0.500. The highest BCUT2D eigenvalue weighted by atomic mass is 79.9. The average molecular weight is 254 g/mol. The predicted octanol–water partition coefficient (Wildman–Crippen LogP) is 3.44. The van der Waals surface area contributed by atoms with E-state index < -0.39 is 0 Å². The van der Waals surface area contributed by atoms with Crippen molar-refractivity contribution in [3.63, 3.8) is 0 Å². The number of hydrogen-bond acceptors (Lipinski definition) is 1. The summed E-state index contributed by atoms with van der Waals surface area (Å²) in [6.07, 6.45) is 5.15. The van der Waals surface area contributed by atoms with Crippen LogP contribution in [0.3, 0.4) is 0 Å². The fourth-order valence-electron chi connectivity index (χ4n) is 2.25. The minimum atomic E-state index is 0.556. The van der Waals surface area contributed by atoms with E-state index in [1.54, 1.807) is 0 Å². The second-order valence-corrected chi connectivity index (χ2v) is 4.85. The van der Waals surface area contributed by atoms with E-state index in [1.807, 2.05) is 0 Å². The third-order valence-corrected chi connectivity index (χ3v) is 3.51. The van der Waals surface area contributed by atoms with Gasteiger partial charge in [0, 0.05) is 10.5 Å². The largest absolute Gasteiger partial charge is 0.313 e. The van der Waals surface area contributed by atoms with Gasteiger partial charge < -0.3 is 5.32 Å². The molecule has 0 spiro atoms. The van der Waals surface area contributed by atoms with Crippen LogP contribution in [0.5, 0.6) is 0 Å². The Morgan fingerprint density at radius 3 is 3.00 bits per heavy atom. The molecular formula is C12H16BrN. The minimum Gasteiger partial charge on any atom is -0.313 e. The van der Waals surface area contributed by atoms with Gasteiger partial charge in [-0.15, -0.1) is 0 Å². The summed E-state index contributed by atoms with van der Waals surface area (Å²) in [4.78, 5) is 0. The van der Waals surface area contributed by atoms with Crippen molar-refractivity contribution < 1.29 is 0 Å². The summed E-state index contributed by atoms with van der Waals surface area (Å²) in [6, 6.07) is 7.23. The summed E-state index contributed by atoms with van der Waals surface area (Å²) in [5.41, 5.74) is 3.00. The standard InChI is InChI=1S/C12H16BrN/c1-14-12-5-3-2-4-9-8-10(13)6-7-11(9)12/h6-8,12,14H,2-5H2,1H3. The molecule has 0 fully saturated rings. The molecule has 2 rings (SSSR count). The quantitative estimate of drug-likeness (QED) is 0.757. The van der Waals surface area contributed by atoms with Gasteiger partial charge in [-0.1, -0.05) is 28.4 Å². The van der Waals surface area contributed by atoms with Gasteiger partial charge in [-0.05, 0) is 49.6 Å². The van der Waals surface area contributed by atoms with Crippen LogP contribution < -0.4 is 5.32 Å². The topological polar surface area (TPSA) is 12.0 Å². The van der Waals surface area contributed by atoms with Crippen molar-refractivity contribution in [2.75, 3.05) is 7.05 Å². The maximum Gasteiger partial charge on any atom is 0.0320 e. The summed E-state index contributed by atoms with van der Waals surface area (Å²) >= 11 is 3.54. The second kappa shape index (κ2) is 4.45. The van der Waals surface area contributed by atoms with E-state index in [0.29, 0.717) is 6.04 Å². The first kappa shape index (κ1) is 10.2. The zero-order valence-electron chi connectivity index (χ0n) is 8.52. The molecule has 0 radical (unpaired) electrons. The van der Waals surface area contributed by atoms with Crippen LogP contribution in [0.15, 0.2) is 22.7 Å².